The van der Waals surface area contributed by atoms with Gasteiger partial charge in [-0.3, -0.25) is 14.9 Å². The van der Waals surface area contributed by atoms with E-state index >= 15 is 0 Å². The van der Waals surface area contributed by atoms with Gasteiger partial charge in [-0.1, -0.05) is 36.4 Å². The molecule has 0 spiro atoms. The van der Waals surface area contributed by atoms with Crippen LogP contribution in [0, 0.1) is 10.1 Å². The van der Waals surface area contributed by atoms with E-state index in [9.17, 15) is 14.9 Å². The third-order valence-corrected chi connectivity index (χ3v) is 4.98. The second kappa shape index (κ2) is 8.66. The predicted octanol–water partition coefficient (Wildman–Crippen LogP) is 3.76. The first-order valence-electron chi connectivity index (χ1n) is 9.81. The van der Waals surface area contributed by atoms with Gasteiger partial charge in [-0.2, -0.15) is 5.10 Å². The Bertz CT molecular complexity index is 1230. The highest BCUT2D eigenvalue weighted by molar-refractivity contribution is 5.94. The van der Waals surface area contributed by atoms with Gasteiger partial charge in [0.05, 0.1) is 16.3 Å². The van der Waals surface area contributed by atoms with Gasteiger partial charge in [0.25, 0.3) is 11.6 Å². The maximum Gasteiger partial charge on any atom is 0.271 e. The lowest BCUT2D eigenvalue weighted by molar-refractivity contribution is -0.384. The number of benzene rings is 2. The highest BCUT2D eigenvalue weighted by Gasteiger charge is 2.19. The van der Waals surface area contributed by atoms with Gasteiger partial charge >= 0.3 is 0 Å². The molecule has 1 amide bonds. The van der Waals surface area contributed by atoms with Crippen LogP contribution < -0.4 is 5.32 Å². The third-order valence-electron chi connectivity index (χ3n) is 4.98. The van der Waals surface area contributed by atoms with Crippen LogP contribution in [0.2, 0.25) is 0 Å². The second-order valence-corrected chi connectivity index (χ2v) is 7.10. The summed E-state index contributed by atoms with van der Waals surface area (Å²) in [5.41, 5.74) is 3.26. The molecule has 4 rings (SSSR count). The van der Waals surface area contributed by atoms with Gasteiger partial charge in [-0.15, -0.1) is 0 Å². The lowest BCUT2D eigenvalue weighted by Gasteiger charge is -2.08. The molecular formula is C23H21N5O3. The van der Waals surface area contributed by atoms with E-state index in [1.165, 1.54) is 16.8 Å². The minimum Gasteiger partial charge on any atom is -0.350 e. The summed E-state index contributed by atoms with van der Waals surface area (Å²) in [6.07, 6.45) is 2.59. The number of rotatable bonds is 7. The number of nitrogens with one attached hydrogen (secondary N) is 1. The van der Waals surface area contributed by atoms with Crippen LogP contribution >= 0.6 is 0 Å². The molecule has 0 fully saturated rings. The first kappa shape index (κ1) is 20.1. The number of carbonyl (C=O) groups excluding carboxylic acids is 1. The summed E-state index contributed by atoms with van der Waals surface area (Å²) < 4.78 is 3.35. The normalized spacial score (nSPS) is 10.7. The van der Waals surface area contributed by atoms with E-state index in [1.807, 2.05) is 60.3 Å². The molecule has 0 aliphatic carbocycles. The third kappa shape index (κ3) is 4.37. The van der Waals surface area contributed by atoms with Gasteiger partial charge in [-0.05, 0) is 36.2 Å². The zero-order valence-electron chi connectivity index (χ0n) is 16.9. The van der Waals surface area contributed by atoms with E-state index in [4.69, 9.17) is 0 Å². The molecule has 2 heterocycles. The molecule has 8 nitrogen and oxygen atoms in total. The molecule has 0 aliphatic heterocycles. The highest BCUT2D eigenvalue weighted by Crippen LogP contribution is 2.24. The largest absolute Gasteiger partial charge is 0.350 e. The Morgan fingerprint density at radius 2 is 1.87 bits per heavy atom. The fraction of sp³-hybridized carbons (Fsp3) is 0.130. The molecule has 156 valence electrons. The zero-order chi connectivity index (χ0) is 21.8. The zero-order valence-corrected chi connectivity index (χ0v) is 16.9. The van der Waals surface area contributed by atoms with Gasteiger partial charge in [0.1, 0.15) is 11.4 Å². The maximum absolute atomic E-state index is 13.0. The highest BCUT2D eigenvalue weighted by atomic mass is 16.6. The van der Waals surface area contributed by atoms with Crippen molar-refractivity contribution in [2.75, 3.05) is 6.54 Å². The second-order valence-electron chi connectivity index (χ2n) is 7.10. The molecule has 0 atom stereocenters. The lowest BCUT2D eigenvalue weighted by Crippen LogP contribution is -2.27. The van der Waals surface area contributed by atoms with Crippen LogP contribution in [0.25, 0.3) is 17.1 Å². The van der Waals surface area contributed by atoms with Crippen LogP contribution in [-0.2, 0) is 13.5 Å². The van der Waals surface area contributed by atoms with Gasteiger partial charge in [0.2, 0.25) is 0 Å². The molecule has 0 radical (unpaired) electrons. The van der Waals surface area contributed by atoms with E-state index in [-0.39, 0.29) is 11.6 Å². The molecule has 0 unspecified atom stereocenters. The number of hydrogen-bond acceptors (Lipinski definition) is 4. The Labute approximate surface area is 178 Å². The van der Waals surface area contributed by atoms with Crippen molar-refractivity contribution in [3.8, 4) is 17.1 Å². The van der Waals surface area contributed by atoms with Crippen molar-refractivity contribution in [2.24, 2.45) is 7.05 Å². The summed E-state index contributed by atoms with van der Waals surface area (Å²) in [7, 11) is 1.89. The van der Waals surface area contributed by atoms with Gasteiger partial charge < -0.3 is 9.88 Å². The average molecular weight is 415 g/mol. The Morgan fingerprint density at radius 1 is 1.06 bits per heavy atom. The SMILES string of the molecule is Cn1cccc1-c1cc(C(=O)NCCc2ccccc2)n(-c2cccc([N+](=O)[O-])c2)n1. The molecule has 4 aromatic rings. The smallest absolute Gasteiger partial charge is 0.271 e. The number of nitro groups is 1. The fourth-order valence-corrected chi connectivity index (χ4v) is 3.39. The van der Waals surface area contributed by atoms with Crippen molar-refractivity contribution in [2.45, 2.75) is 6.42 Å². The minimum absolute atomic E-state index is 0.0659. The van der Waals surface area contributed by atoms with Crippen molar-refractivity contribution in [3.63, 3.8) is 0 Å². The lowest BCUT2D eigenvalue weighted by atomic mass is 10.1. The first-order valence-corrected chi connectivity index (χ1v) is 9.81. The Hall–Kier alpha value is -4.20. The fourth-order valence-electron chi connectivity index (χ4n) is 3.39. The molecule has 0 saturated heterocycles. The van der Waals surface area contributed by atoms with Crippen molar-refractivity contribution >= 4 is 11.6 Å². The molecule has 0 aliphatic rings. The van der Waals surface area contributed by atoms with E-state index in [1.54, 1.807) is 18.2 Å². The van der Waals surface area contributed by atoms with Crippen molar-refractivity contribution < 1.29 is 9.72 Å². The summed E-state index contributed by atoms with van der Waals surface area (Å²) in [6.45, 7) is 0.461. The van der Waals surface area contributed by atoms with Crippen LogP contribution in [0.15, 0.2) is 79.0 Å². The van der Waals surface area contributed by atoms with Crippen molar-refractivity contribution in [3.05, 3.63) is 100 Å². The molecule has 2 aromatic heterocycles. The van der Waals surface area contributed by atoms with E-state index in [2.05, 4.69) is 10.4 Å². The summed E-state index contributed by atoms with van der Waals surface area (Å²) in [6, 6.07) is 21.5. The summed E-state index contributed by atoms with van der Waals surface area (Å²) >= 11 is 0. The summed E-state index contributed by atoms with van der Waals surface area (Å²) in [5, 5.41) is 18.7. The molecular weight excluding hydrogens is 394 g/mol. The Balaban J connectivity index is 1.65. The molecule has 1 N–H and O–H groups in total. The van der Waals surface area contributed by atoms with Crippen molar-refractivity contribution in [1.29, 1.82) is 0 Å². The molecule has 0 saturated carbocycles. The van der Waals surface area contributed by atoms with Crippen LogP contribution in [-0.4, -0.2) is 31.7 Å². The Morgan fingerprint density at radius 3 is 2.58 bits per heavy atom. The summed E-state index contributed by atoms with van der Waals surface area (Å²) in [4.78, 5) is 23.7. The number of nitro benzene ring substituents is 1. The number of non-ortho nitro benzene ring substituents is 1. The Kier molecular flexibility index (Phi) is 5.61. The predicted molar refractivity (Wildman–Crippen MR) is 117 cm³/mol. The molecule has 8 heteroatoms. The number of carbonyl (C=O) groups is 1. The molecule has 0 bridgehead atoms. The minimum atomic E-state index is -0.468. The quantitative estimate of drug-likeness (QED) is 0.367. The number of aryl methyl sites for hydroxylation is 1. The van der Waals surface area contributed by atoms with Crippen LogP contribution in [0.3, 0.4) is 0 Å². The van der Waals surface area contributed by atoms with Gasteiger partial charge in [0.15, 0.2) is 0 Å². The molecule has 31 heavy (non-hydrogen) atoms. The number of aromatic nitrogens is 3. The topological polar surface area (TPSA) is 95.0 Å². The monoisotopic (exact) mass is 415 g/mol. The molecule has 2 aromatic carbocycles. The number of nitrogens with zero attached hydrogens (tertiary/aromatic N) is 4. The van der Waals surface area contributed by atoms with Gasteiger partial charge in [-0.25, -0.2) is 4.68 Å². The summed E-state index contributed by atoms with van der Waals surface area (Å²) in [5.74, 6) is -0.296. The average Bonchev–Trinajstić information content (AvgIpc) is 3.41. The number of hydrogen-bond donors (Lipinski definition) is 1. The standard InChI is InChI=1S/C23H21N5O3/c1-26-14-6-11-21(26)20-16-22(23(29)24-13-12-17-7-3-2-4-8-17)27(25-20)18-9-5-10-19(15-18)28(30)31/h2-11,14-16H,12-13H2,1H3,(H,24,29). The maximum atomic E-state index is 13.0. The van der Waals surface area contributed by atoms with Crippen molar-refractivity contribution in [1.82, 2.24) is 19.7 Å². The van der Waals surface area contributed by atoms with Crippen LogP contribution in [0.5, 0.6) is 0 Å². The van der Waals surface area contributed by atoms with E-state index in [0.29, 0.717) is 30.0 Å². The first-order chi connectivity index (χ1) is 15.0. The van der Waals surface area contributed by atoms with Crippen LogP contribution in [0.1, 0.15) is 16.1 Å². The van der Waals surface area contributed by atoms with Gasteiger partial charge in [0, 0.05) is 31.9 Å². The van der Waals surface area contributed by atoms with Crippen LogP contribution in [0.4, 0.5) is 5.69 Å². The van der Waals surface area contributed by atoms with E-state index in [0.717, 1.165) is 11.3 Å². The van der Waals surface area contributed by atoms with E-state index < -0.39 is 4.92 Å². The number of amides is 1.